The normalized spacial score (nSPS) is 11.8. The highest BCUT2D eigenvalue weighted by Crippen LogP contribution is 2.28. The van der Waals surface area contributed by atoms with E-state index >= 15 is 0 Å². The Bertz CT molecular complexity index is 797. The van der Waals surface area contributed by atoms with Crippen molar-refractivity contribution in [1.82, 2.24) is 0 Å². The van der Waals surface area contributed by atoms with E-state index in [4.69, 9.17) is 0 Å². The molecule has 25 heavy (non-hydrogen) atoms. The third-order valence-electron chi connectivity index (χ3n) is 3.95. The van der Waals surface area contributed by atoms with Gasteiger partial charge >= 0.3 is 0 Å². The smallest absolute Gasteiger partial charge is 0.269 e. The van der Waals surface area contributed by atoms with E-state index in [9.17, 15) is 19.7 Å². The van der Waals surface area contributed by atoms with E-state index in [2.05, 4.69) is 5.32 Å². The quantitative estimate of drug-likeness (QED) is 0.485. The van der Waals surface area contributed by atoms with Crippen molar-refractivity contribution in [2.75, 3.05) is 5.32 Å². The minimum atomic E-state index is -0.471. The van der Waals surface area contributed by atoms with Gasteiger partial charge in [0.2, 0.25) is 5.91 Å². The second kappa shape index (κ2) is 7.70. The summed E-state index contributed by atoms with van der Waals surface area (Å²) in [5.74, 6) is -0.754. The van der Waals surface area contributed by atoms with Crippen LogP contribution in [0, 0.1) is 16.0 Å². The van der Waals surface area contributed by atoms with Gasteiger partial charge in [0.25, 0.3) is 5.69 Å². The number of non-ortho nitro benzene ring substituents is 1. The SMILES string of the molecule is CC(=O)c1cccc(NC(=O)C(c2ccc([N+](=O)[O-])cc2)C(C)C)c1. The molecule has 1 amide bonds. The Morgan fingerprint density at radius 3 is 2.24 bits per heavy atom. The topological polar surface area (TPSA) is 89.3 Å². The number of nitro groups is 1. The van der Waals surface area contributed by atoms with E-state index in [0.29, 0.717) is 16.8 Å². The van der Waals surface area contributed by atoms with Crippen LogP contribution >= 0.6 is 0 Å². The van der Waals surface area contributed by atoms with E-state index in [0.717, 1.165) is 0 Å². The van der Waals surface area contributed by atoms with Crippen molar-refractivity contribution in [1.29, 1.82) is 0 Å². The minimum Gasteiger partial charge on any atom is -0.326 e. The molecule has 2 aromatic rings. The molecule has 0 spiro atoms. The lowest BCUT2D eigenvalue weighted by Crippen LogP contribution is -2.25. The highest BCUT2D eigenvalue weighted by Gasteiger charge is 2.25. The zero-order valence-corrected chi connectivity index (χ0v) is 14.4. The fraction of sp³-hybridized carbons (Fsp3) is 0.263. The Hall–Kier alpha value is -3.02. The monoisotopic (exact) mass is 340 g/mol. The predicted octanol–water partition coefficient (Wildman–Crippen LogP) is 4.18. The summed E-state index contributed by atoms with van der Waals surface area (Å²) >= 11 is 0. The molecule has 0 aliphatic carbocycles. The first-order valence-corrected chi connectivity index (χ1v) is 7.96. The Kier molecular flexibility index (Phi) is 5.64. The molecule has 130 valence electrons. The molecule has 0 aliphatic rings. The third kappa shape index (κ3) is 4.50. The van der Waals surface area contributed by atoms with Crippen molar-refractivity contribution < 1.29 is 14.5 Å². The number of carbonyl (C=O) groups is 2. The van der Waals surface area contributed by atoms with Crippen molar-refractivity contribution in [2.24, 2.45) is 5.92 Å². The van der Waals surface area contributed by atoms with Gasteiger partial charge in [-0.05, 0) is 30.5 Å². The lowest BCUT2D eigenvalue weighted by molar-refractivity contribution is -0.384. The average molecular weight is 340 g/mol. The summed E-state index contributed by atoms with van der Waals surface area (Å²) in [6.45, 7) is 5.30. The van der Waals surface area contributed by atoms with Crippen LogP contribution in [-0.2, 0) is 4.79 Å². The Balaban J connectivity index is 2.25. The lowest BCUT2D eigenvalue weighted by Gasteiger charge is -2.21. The molecule has 1 unspecified atom stereocenters. The first-order chi connectivity index (χ1) is 11.8. The largest absolute Gasteiger partial charge is 0.326 e. The van der Waals surface area contributed by atoms with Crippen LogP contribution in [0.2, 0.25) is 0 Å². The minimum absolute atomic E-state index is 0.00236. The molecule has 0 radical (unpaired) electrons. The van der Waals surface area contributed by atoms with Crippen LogP contribution in [0.3, 0.4) is 0 Å². The van der Waals surface area contributed by atoms with Crippen LogP contribution in [-0.4, -0.2) is 16.6 Å². The van der Waals surface area contributed by atoms with Gasteiger partial charge in [0.05, 0.1) is 10.8 Å². The summed E-state index contributed by atoms with van der Waals surface area (Å²) in [5.41, 5.74) is 1.76. The second-order valence-electron chi connectivity index (χ2n) is 6.20. The van der Waals surface area contributed by atoms with Crippen LogP contribution < -0.4 is 5.32 Å². The number of nitro benzene ring substituents is 1. The van der Waals surface area contributed by atoms with Gasteiger partial charge in [0.1, 0.15) is 0 Å². The highest BCUT2D eigenvalue weighted by molar-refractivity contribution is 5.99. The van der Waals surface area contributed by atoms with Crippen molar-refractivity contribution in [2.45, 2.75) is 26.7 Å². The van der Waals surface area contributed by atoms with Crippen LogP contribution in [0.4, 0.5) is 11.4 Å². The van der Waals surface area contributed by atoms with Crippen LogP contribution in [0.5, 0.6) is 0 Å². The third-order valence-corrected chi connectivity index (χ3v) is 3.95. The van der Waals surface area contributed by atoms with Crippen LogP contribution in [0.1, 0.15) is 42.6 Å². The molecule has 2 rings (SSSR count). The molecule has 1 N–H and O–H groups in total. The summed E-state index contributed by atoms with van der Waals surface area (Å²) in [4.78, 5) is 34.5. The zero-order valence-electron chi connectivity index (χ0n) is 14.4. The summed E-state index contributed by atoms with van der Waals surface area (Å²) in [5, 5.41) is 13.6. The molecular weight excluding hydrogens is 320 g/mol. The first kappa shape index (κ1) is 18.3. The lowest BCUT2D eigenvalue weighted by atomic mass is 9.87. The number of hydrogen-bond acceptors (Lipinski definition) is 4. The van der Waals surface area contributed by atoms with Gasteiger partial charge in [-0.2, -0.15) is 0 Å². The maximum Gasteiger partial charge on any atom is 0.269 e. The van der Waals surface area contributed by atoms with Gasteiger partial charge in [0.15, 0.2) is 5.78 Å². The maximum atomic E-state index is 12.7. The van der Waals surface area contributed by atoms with Gasteiger partial charge in [-0.25, -0.2) is 0 Å². The number of carbonyl (C=O) groups excluding carboxylic acids is 2. The molecular formula is C19H20N2O4. The fourth-order valence-electron chi connectivity index (χ4n) is 2.68. The van der Waals surface area contributed by atoms with Crippen LogP contribution in [0.25, 0.3) is 0 Å². The van der Waals surface area contributed by atoms with E-state index in [1.807, 2.05) is 13.8 Å². The van der Waals surface area contributed by atoms with E-state index in [1.54, 1.807) is 36.4 Å². The number of anilines is 1. The number of amides is 1. The van der Waals surface area contributed by atoms with Crippen LogP contribution in [0.15, 0.2) is 48.5 Å². The zero-order chi connectivity index (χ0) is 18.6. The maximum absolute atomic E-state index is 12.7. The molecule has 6 heteroatoms. The number of rotatable bonds is 6. The van der Waals surface area contributed by atoms with Gasteiger partial charge in [-0.15, -0.1) is 0 Å². The molecule has 0 aromatic heterocycles. The first-order valence-electron chi connectivity index (χ1n) is 7.96. The van der Waals surface area contributed by atoms with E-state index in [-0.39, 0.29) is 23.3 Å². The van der Waals surface area contributed by atoms with Crippen molar-refractivity contribution in [3.8, 4) is 0 Å². The van der Waals surface area contributed by atoms with Crippen molar-refractivity contribution in [3.05, 3.63) is 69.8 Å². The van der Waals surface area contributed by atoms with Gasteiger partial charge < -0.3 is 5.32 Å². The molecule has 1 atom stereocenters. The average Bonchev–Trinajstić information content (AvgIpc) is 2.55. The molecule has 0 heterocycles. The fourth-order valence-corrected chi connectivity index (χ4v) is 2.68. The number of benzene rings is 2. The molecule has 0 saturated carbocycles. The molecule has 0 fully saturated rings. The van der Waals surface area contributed by atoms with E-state index < -0.39 is 10.8 Å². The number of nitrogens with one attached hydrogen (secondary N) is 1. The standard InChI is InChI=1S/C19H20N2O4/c1-12(2)18(14-7-9-17(10-8-14)21(24)25)19(23)20-16-6-4-5-15(11-16)13(3)22/h4-12,18H,1-3H3,(H,20,23). The van der Waals surface area contributed by atoms with Gasteiger partial charge in [0, 0.05) is 23.4 Å². The molecule has 0 saturated heterocycles. The number of nitrogens with zero attached hydrogens (tertiary/aromatic N) is 1. The predicted molar refractivity (Wildman–Crippen MR) is 95.8 cm³/mol. The number of ketones is 1. The molecule has 2 aromatic carbocycles. The Labute approximate surface area is 146 Å². The van der Waals surface area contributed by atoms with Gasteiger partial charge in [-0.3, -0.25) is 19.7 Å². The summed E-state index contributed by atoms with van der Waals surface area (Å²) in [6, 6.07) is 12.8. The molecule has 0 aliphatic heterocycles. The summed E-state index contributed by atoms with van der Waals surface area (Å²) in [7, 11) is 0. The summed E-state index contributed by atoms with van der Waals surface area (Å²) < 4.78 is 0. The Morgan fingerprint density at radius 2 is 1.72 bits per heavy atom. The Morgan fingerprint density at radius 1 is 1.08 bits per heavy atom. The van der Waals surface area contributed by atoms with Crippen molar-refractivity contribution in [3.63, 3.8) is 0 Å². The van der Waals surface area contributed by atoms with E-state index in [1.165, 1.54) is 19.1 Å². The van der Waals surface area contributed by atoms with Gasteiger partial charge in [-0.1, -0.05) is 38.1 Å². The molecule has 0 bridgehead atoms. The number of hydrogen-bond donors (Lipinski definition) is 1. The molecule has 6 nitrogen and oxygen atoms in total. The van der Waals surface area contributed by atoms with Crippen molar-refractivity contribution >= 4 is 23.1 Å². The summed E-state index contributed by atoms with van der Waals surface area (Å²) in [6.07, 6.45) is 0. The highest BCUT2D eigenvalue weighted by atomic mass is 16.6. The second-order valence-corrected chi connectivity index (χ2v) is 6.20. The number of Topliss-reactive ketones (excluding diaryl/α,β-unsaturated/α-hetero) is 1.